The molecule has 3 aromatic rings. The molecular weight excluding hydrogens is 442 g/mol. The summed E-state index contributed by atoms with van der Waals surface area (Å²) in [4.78, 5) is 13.4. The second kappa shape index (κ2) is 9.42. The molecule has 176 valence electrons. The molecule has 10 heteroatoms. The van der Waals surface area contributed by atoms with Gasteiger partial charge in [-0.25, -0.2) is 28.1 Å². The Labute approximate surface area is 194 Å². The minimum atomic E-state index is -3.77. The van der Waals surface area contributed by atoms with Crippen LogP contribution in [0.4, 0.5) is 5.82 Å². The van der Waals surface area contributed by atoms with E-state index in [0.29, 0.717) is 34.1 Å². The highest BCUT2D eigenvalue weighted by atomic mass is 32.2. The molecule has 1 aromatic carbocycles. The number of sulfonamides is 1. The molecule has 0 radical (unpaired) electrons. The van der Waals surface area contributed by atoms with E-state index in [1.807, 2.05) is 19.9 Å². The standard InChI is InChI=1S/C23H29N5O4S/c1-14-6-7-16(33(30,31)26-11-10-23(3,4)29)12-18(14)19-13-25-22(24)21(28-19)17-8-9-20(32-5)27-15(17)2/h6-9,12-13,26,29H,10-11H2,1-5H3,(H2,24,25). The van der Waals surface area contributed by atoms with Gasteiger partial charge in [-0.3, -0.25) is 0 Å². The van der Waals surface area contributed by atoms with Crippen LogP contribution in [0.2, 0.25) is 0 Å². The van der Waals surface area contributed by atoms with Gasteiger partial charge in [-0.05, 0) is 57.9 Å². The van der Waals surface area contributed by atoms with Gasteiger partial charge < -0.3 is 15.6 Å². The summed E-state index contributed by atoms with van der Waals surface area (Å²) < 4.78 is 33.3. The van der Waals surface area contributed by atoms with Crippen LogP contribution < -0.4 is 15.2 Å². The van der Waals surface area contributed by atoms with Gasteiger partial charge in [-0.15, -0.1) is 0 Å². The predicted molar refractivity (Wildman–Crippen MR) is 127 cm³/mol. The summed E-state index contributed by atoms with van der Waals surface area (Å²) in [7, 11) is -2.23. The van der Waals surface area contributed by atoms with Crippen LogP contribution in [0.3, 0.4) is 0 Å². The lowest BCUT2D eigenvalue weighted by Gasteiger charge is -2.17. The largest absolute Gasteiger partial charge is 0.481 e. The van der Waals surface area contributed by atoms with Crippen molar-refractivity contribution in [2.75, 3.05) is 19.4 Å². The summed E-state index contributed by atoms with van der Waals surface area (Å²) in [5.41, 5.74) is 8.92. The molecule has 0 aliphatic carbocycles. The number of aliphatic hydroxyl groups is 1. The van der Waals surface area contributed by atoms with Gasteiger partial charge in [0.25, 0.3) is 0 Å². The van der Waals surface area contributed by atoms with Crippen molar-refractivity contribution < 1.29 is 18.3 Å². The lowest BCUT2D eigenvalue weighted by atomic mass is 10.1. The molecule has 0 spiro atoms. The number of ether oxygens (including phenoxy) is 1. The van der Waals surface area contributed by atoms with Crippen molar-refractivity contribution in [2.24, 2.45) is 0 Å². The van der Waals surface area contributed by atoms with Crippen LogP contribution in [-0.2, 0) is 10.0 Å². The van der Waals surface area contributed by atoms with E-state index in [9.17, 15) is 13.5 Å². The molecule has 0 aliphatic rings. The van der Waals surface area contributed by atoms with Gasteiger partial charge in [0, 0.05) is 23.7 Å². The molecule has 0 saturated heterocycles. The zero-order valence-electron chi connectivity index (χ0n) is 19.4. The Morgan fingerprint density at radius 1 is 1.12 bits per heavy atom. The first-order chi connectivity index (χ1) is 15.4. The first kappa shape index (κ1) is 24.6. The second-order valence-corrected chi connectivity index (χ2v) is 10.2. The van der Waals surface area contributed by atoms with E-state index in [-0.39, 0.29) is 23.7 Å². The fraction of sp³-hybridized carbons (Fsp3) is 0.348. The minimum Gasteiger partial charge on any atom is -0.481 e. The molecule has 9 nitrogen and oxygen atoms in total. The number of benzene rings is 1. The number of anilines is 1. The Kier molecular flexibility index (Phi) is 7.01. The zero-order chi connectivity index (χ0) is 24.4. The van der Waals surface area contributed by atoms with Crippen LogP contribution in [-0.4, -0.2) is 47.7 Å². The number of aryl methyl sites for hydroxylation is 2. The topological polar surface area (TPSA) is 140 Å². The number of nitrogens with one attached hydrogen (secondary N) is 1. The summed E-state index contributed by atoms with van der Waals surface area (Å²) in [6, 6.07) is 8.34. The Morgan fingerprint density at radius 3 is 2.48 bits per heavy atom. The lowest BCUT2D eigenvalue weighted by Crippen LogP contribution is -2.30. The van der Waals surface area contributed by atoms with E-state index >= 15 is 0 Å². The fourth-order valence-electron chi connectivity index (χ4n) is 3.25. The number of aromatic nitrogens is 3. The molecule has 0 saturated carbocycles. The van der Waals surface area contributed by atoms with Crippen molar-refractivity contribution in [3.05, 3.63) is 47.8 Å². The lowest BCUT2D eigenvalue weighted by molar-refractivity contribution is 0.0728. The Hall–Kier alpha value is -3.08. The Morgan fingerprint density at radius 2 is 1.85 bits per heavy atom. The highest BCUT2D eigenvalue weighted by molar-refractivity contribution is 7.89. The molecule has 0 atom stereocenters. The maximum atomic E-state index is 12.8. The number of hydrogen-bond donors (Lipinski definition) is 3. The number of hydrogen-bond acceptors (Lipinski definition) is 8. The molecule has 0 amide bonds. The van der Waals surface area contributed by atoms with Gasteiger partial charge in [0.1, 0.15) is 11.5 Å². The number of nitrogens with two attached hydrogens (primary N) is 1. The highest BCUT2D eigenvalue weighted by Gasteiger charge is 2.20. The number of rotatable bonds is 8. The molecule has 33 heavy (non-hydrogen) atoms. The van der Waals surface area contributed by atoms with Crippen LogP contribution in [0.1, 0.15) is 31.5 Å². The van der Waals surface area contributed by atoms with E-state index in [1.54, 1.807) is 39.2 Å². The average Bonchev–Trinajstić information content (AvgIpc) is 2.73. The average molecular weight is 472 g/mol. The third-order valence-corrected chi connectivity index (χ3v) is 6.61. The first-order valence-corrected chi connectivity index (χ1v) is 11.9. The monoisotopic (exact) mass is 471 g/mol. The van der Waals surface area contributed by atoms with Gasteiger partial charge in [-0.1, -0.05) is 6.07 Å². The number of methoxy groups -OCH3 is 1. The molecule has 0 aliphatic heterocycles. The van der Waals surface area contributed by atoms with Crippen molar-refractivity contribution in [1.82, 2.24) is 19.7 Å². The van der Waals surface area contributed by atoms with Crippen LogP contribution in [0, 0.1) is 13.8 Å². The second-order valence-electron chi connectivity index (χ2n) is 8.41. The van der Waals surface area contributed by atoms with Crippen LogP contribution in [0.25, 0.3) is 22.5 Å². The summed E-state index contributed by atoms with van der Waals surface area (Å²) in [5.74, 6) is 0.716. The number of nitrogen functional groups attached to an aromatic ring is 1. The number of nitrogens with zero attached hydrogens (tertiary/aromatic N) is 3. The van der Waals surface area contributed by atoms with E-state index in [2.05, 4.69) is 14.7 Å². The van der Waals surface area contributed by atoms with Gasteiger partial charge in [0.2, 0.25) is 15.9 Å². The van der Waals surface area contributed by atoms with Gasteiger partial charge >= 0.3 is 0 Å². The third-order valence-electron chi connectivity index (χ3n) is 5.15. The highest BCUT2D eigenvalue weighted by Crippen LogP contribution is 2.31. The van der Waals surface area contributed by atoms with E-state index < -0.39 is 15.6 Å². The first-order valence-electron chi connectivity index (χ1n) is 10.4. The van der Waals surface area contributed by atoms with Crippen molar-refractivity contribution in [3.8, 4) is 28.4 Å². The Bertz CT molecular complexity index is 1270. The molecule has 0 fully saturated rings. The van der Waals surface area contributed by atoms with Crippen LogP contribution >= 0.6 is 0 Å². The SMILES string of the molecule is COc1ccc(-c2nc(-c3cc(S(=O)(=O)NCCC(C)(C)O)ccc3C)cnc2N)c(C)n1. The normalized spacial score (nSPS) is 12.1. The van der Waals surface area contributed by atoms with Crippen LogP contribution in [0.5, 0.6) is 5.88 Å². The number of pyridine rings is 1. The molecule has 3 rings (SSSR count). The van der Waals surface area contributed by atoms with Gasteiger partial charge in [-0.2, -0.15) is 0 Å². The van der Waals surface area contributed by atoms with E-state index in [0.717, 1.165) is 5.56 Å². The smallest absolute Gasteiger partial charge is 0.240 e. The quantitative estimate of drug-likeness (QED) is 0.455. The van der Waals surface area contributed by atoms with Crippen molar-refractivity contribution >= 4 is 15.8 Å². The molecule has 2 aromatic heterocycles. The van der Waals surface area contributed by atoms with Gasteiger partial charge in [0.05, 0.1) is 35.2 Å². The summed E-state index contributed by atoms with van der Waals surface area (Å²) in [6.07, 6.45) is 1.80. The maximum absolute atomic E-state index is 12.8. The van der Waals surface area contributed by atoms with Gasteiger partial charge in [0.15, 0.2) is 0 Å². The minimum absolute atomic E-state index is 0.0984. The maximum Gasteiger partial charge on any atom is 0.240 e. The molecule has 4 N–H and O–H groups in total. The molecule has 2 heterocycles. The van der Waals surface area contributed by atoms with Crippen molar-refractivity contribution in [2.45, 2.75) is 44.6 Å². The third kappa shape index (κ3) is 5.84. The van der Waals surface area contributed by atoms with E-state index in [1.165, 1.54) is 12.3 Å². The van der Waals surface area contributed by atoms with Crippen molar-refractivity contribution in [1.29, 1.82) is 0 Å². The molecular formula is C23H29N5O4S. The fourth-order valence-corrected chi connectivity index (χ4v) is 4.30. The van der Waals surface area contributed by atoms with Crippen molar-refractivity contribution in [3.63, 3.8) is 0 Å². The molecule has 0 bridgehead atoms. The predicted octanol–water partition coefficient (Wildman–Crippen LogP) is 2.85. The summed E-state index contributed by atoms with van der Waals surface area (Å²) >= 11 is 0. The zero-order valence-corrected chi connectivity index (χ0v) is 20.2. The van der Waals surface area contributed by atoms with E-state index in [4.69, 9.17) is 15.5 Å². The summed E-state index contributed by atoms with van der Waals surface area (Å²) in [6.45, 7) is 7.06. The Balaban J connectivity index is 2.00. The van der Waals surface area contributed by atoms with Crippen LogP contribution in [0.15, 0.2) is 41.4 Å². The summed E-state index contributed by atoms with van der Waals surface area (Å²) in [5, 5.41) is 9.83. The molecule has 0 unspecified atom stereocenters.